The summed E-state index contributed by atoms with van der Waals surface area (Å²) < 4.78 is 27.0. The van der Waals surface area contributed by atoms with E-state index in [1.807, 2.05) is 30.3 Å². The van der Waals surface area contributed by atoms with Gasteiger partial charge in [-0.2, -0.15) is 0 Å². The number of sulfonamides is 1. The molecule has 0 bridgehead atoms. The van der Waals surface area contributed by atoms with E-state index in [4.69, 9.17) is 0 Å². The number of nitro benzene ring substituents is 1. The number of benzene rings is 2. The van der Waals surface area contributed by atoms with Crippen molar-refractivity contribution < 1.29 is 13.3 Å². The van der Waals surface area contributed by atoms with E-state index in [9.17, 15) is 18.5 Å². The molecule has 0 radical (unpaired) electrons. The monoisotopic (exact) mass is 345 g/mol. The van der Waals surface area contributed by atoms with E-state index in [1.54, 1.807) is 0 Å². The molecule has 1 heterocycles. The molecule has 0 fully saturated rings. The molecule has 2 aromatic rings. The van der Waals surface area contributed by atoms with Crippen molar-refractivity contribution in [2.24, 2.45) is 4.99 Å². The van der Waals surface area contributed by atoms with Crippen LogP contribution in [0.1, 0.15) is 5.56 Å². The molecule has 0 atom stereocenters. The zero-order valence-corrected chi connectivity index (χ0v) is 13.5. The van der Waals surface area contributed by atoms with Crippen LogP contribution >= 0.6 is 0 Å². The molecule has 0 unspecified atom stereocenters. The minimum atomic E-state index is -4.02. The second-order valence-electron chi connectivity index (χ2n) is 5.26. The normalized spacial score (nSPS) is 14.5. The first-order chi connectivity index (χ1) is 11.5. The molecule has 0 aromatic heterocycles. The summed E-state index contributed by atoms with van der Waals surface area (Å²) >= 11 is 0. The van der Waals surface area contributed by atoms with Gasteiger partial charge in [-0.25, -0.2) is 8.42 Å². The van der Waals surface area contributed by atoms with Gasteiger partial charge in [0.25, 0.3) is 15.7 Å². The van der Waals surface area contributed by atoms with Crippen LogP contribution in [-0.2, 0) is 16.4 Å². The van der Waals surface area contributed by atoms with E-state index in [1.165, 1.54) is 28.6 Å². The largest absolute Gasteiger partial charge is 0.289 e. The molecule has 0 N–H and O–H groups in total. The number of nitrogens with zero attached hydrogens (tertiary/aromatic N) is 3. The molecule has 7 nitrogen and oxygen atoms in total. The van der Waals surface area contributed by atoms with Gasteiger partial charge in [0.15, 0.2) is 4.90 Å². The lowest BCUT2D eigenvalue weighted by molar-refractivity contribution is -0.387. The molecule has 0 aliphatic carbocycles. The van der Waals surface area contributed by atoms with E-state index >= 15 is 0 Å². The molecule has 2 aromatic carbocycles. The Morgan fingerprint density at radius 2 is 1.75 bits per heavy atom. The molecule has 24 heavy (non-hydrogen) atoms. The zero-order chi connectivity index (χ0) is 17.2. The van der Waals surface area contributed by atoms with Crippen LogP contribution < -0.4 is 0 Å². The summed E-state index contributed by atoms with van der Waals surface area (Å²) in [5, 5.41) is 11.1. The summed E-state index contributed by atoms with van der Waals surface area (Å²) in [5.41, 5.74) is 0.504. The van der Waals surface area contributed by atoms with Crippen molar-refractivity contribution in [1.82, 2.24) is 4.31 Å². The lowest BCUT2D eigenvalue weighted by Crippen LogP contribution is -2.35. The number of nitro groups is 1. The smallest absolute Gasteiger partial charge is 0.269 e. The summed E-state index contributed by atoms with van der Waals surface area (Å²) in [5.74, 6) is 0.402. The molecule has 0 saturated heterocycles. The van der Waals surface area contributed by atoms with Crippen LogP contribution in [0.5, 0.6) is 0 Å². The lowest BCUT2D eigenvalue weighted by Gasteiger charge is -2.20. The summed E-state index contributed by atoms with van der Waals surface area (Å²) in [7, 11) is -4.02. The number of rotatable bonds is 5. The number of hydrogen-bond acceptors (Lipinski definition) is 5. The van der Waals surface area contributed by atoms with E-state index < -0.39 is 20.6 Å². The van der Waals surface area contributed by atoms with Crippen LogP contribution in [0.3, 0.4) is 0 Å². The fourth-order valence-corrected chi connectivity index (χ4v) is 4.22. The highest BCUT2D eigenvalue weighted by atomic mass is 32.2. The van der Waals surface area contributed by atoms with Gasteiger partial charge >= 0.3 is 0 Å². The van der Waals surface area contributed by atoms with Crippen molar-refractivity contribution in [3.63, 3.8) is 0 Å². The number of para-hydroxylation sites is 1. The zero-order valence-electron chi connectivity index (χ0n) is 12.7. The number of hydrogen-bond donors (Lipinski definition) is 0. The van der Waals surface area contributed by atoms with Crippen LogP contribution in [0.25, 0.3) is 0 Å². The van der Waals surface area contributed by atoms with Gasteiger partial charge in [0.1, 0.15) is 5.84 Å². The van der Waals surface area contributed by atoms with Crippen LogP contribution in [-0.4, -0.2) is 36.6 Å². The maximum absolute atomic E-state index is 12.9. The predicted molar refractivity (Wildman–Crippen MR) is 89.4 cm³/mol. The van der Waals surface area contributed by atoms with Gasteiger partial charge in [-0.1, -0.05) is 42.5 Å². The summed E-state index contributed by atoms with van der Waals surface area (Å²) in [6.07, 6.45) is 0.362. The van der Waals surface area contributed by atoms with Crippen molar-refractivity contribution >= 4 is 21.5 Å². The first-order valence-corrected chi connectivity index (χ1v) is 8.77. The molecule has 124 valence electrons. The van der Waals surface area contributed by atoms with Gasteiger partial charge < -0.3 is 0 Å². The Morgan fingerprint density at radius 3 is 2.46 bits per heavy atom. The average Bonchev–Trinajstić information content (AvgIpc) is 3.04. The minimum Gasteiger partial charge on any atom is -0.269 e. The third kappa shape index (κ3) is 3.00. The Balaban J connectivity index is 1.95. The van der Waals surface area contributed by atoms with Crippen molar-refractivity contribution in [3.05, 3.63) is 70.3 Å². The molecule has 0 spiro atoms. The Morgan fingerprint density at radius 1 is 1.08 bits per heavy atom. The average molecular weight is 345 g/mol. The van der Waals surface area contributed by atoms with Crippen molar-refractivity contribution in [2.45, 2.75) is 11.3 Å². The first kappa shape index (κ1) is 16.1. The van der Waals surface area contributed by atoms with Crippen LogP contribution in [0.2, 0.25) is 0 Å². The van der Waals surface area contributed by atoms with Gasteiger partial charge in [0, 0.05) is 12.5 Å². The molecule has 1 aliphatic heterocycles. The highest BCUT2D eigenvalue weighted by Crippen LogP contribution is 2.28. The standard InChI is InChI=1S/C16H15N3O4S/c20-19(21)14-8-4-5-9-15(14)24(22,23)18-11-10-17-16(18)12-13-6-2-1-3-7-13/h1-9H,10-12H2. The highest BCUT2D eigenvalue weighted by Gasteiger charge is 2.35. The van der Waals surface area contributed by atoms with Crippen molar-refractivity contribution in [1.29, 1.82) is 0 Å². The van der Waals surface area contributed by atoms with Crippen LogP contribution in [0.15, 0.2) is 64.5 Å². The van der Waals surface area contributed by atoms with Gasteiger partial charge in [-0.15, -0.1) is 0 Å². The quantitative estimate of drug-likeness (QED) is 0.613. The van der Waals surface area contributed by atoms with Gasteiger partial charge in [-0.05, 0) is 11.6 Å². The molecule has 8 heteroatoms. The maximum Gasteiger partial charge on any atom is 0.289 e. The molecule has 3 rings (SSSR count). The van der Waals surface area contributed by atoms with Crippen LogP contribution in [0, 0.1) is 10.1 Å². The lowest BCUT2D eigenvalue weighted by atomic mass is 10.1. The van der Waals surface area contributed by atoms with E-state index in [2.05, 4.69) is 4.99 Å². The first-order valence-electron chi connectivity index (χ1n) is 7.33. The molecule has 1 aliphatic rings. The molecular formula is C16H15N3O4S. The van der Waals surface area contributed by atoms with Crippen LogP contribution in [0.4, 0.5) is 5.69 Å². The third-order valence-electron chi connectivity index (χ3n) is 3.72. The third-order valence-corrected chi connectivity index (χ3v) is 5.59. The van der Waals surface area contributed by atoms with Gasteiger partial charge in [0.05, 0.1) is 18.0 Å². The van der Waals surface area contributed by atoms with Gasteiger partial charge in [-0.3, -0.25) is 19.4 Å². The second-order valence-corrected chi connectivity index (χ2v) is 7.09. The molecule has 0 amide bonds. The summed E-state index contributed by atoms with van der Waals surface area (Å²) in [4.78, 5) is 14.4. The van der Waals surface area contributed by atoms with Crippen molar-refractivity contribution in [2.75, 3.05) is 13.1 Å². The van der Waals surface area contributed by atoms with Gasteiger partial charge in [0.2, 0.25) is 0 Å². The number of aliphatic imine (C=N–C) groups is 1. The molecular weight excluding hydrogens is 330 g/mol. The Hall–Kier alpha value is -2.74. The Labute approximate surface area is 139 Å². The SMILES string of the molecule is O=[N+]([O-])c1ccccc1S(=O)(=O)N1CCN=C1Cc1ccccc1. The van der Waals surface area contributed by atoms with Crippen molar-refractivity contribution in [3.8, 4) is 0 Å². The summed E-state index contributed by atoms with van der Waals surface area (Å²) in [6.45, 7) is 0.540. The predicted octanol–water partition coefficient (Wildman–Crippen LogP) is 2.24. The fourth-order valence-electron chi connectivity index (χ4n) is 2.60. The Bertz CT molecular complexity index is 895. The number of amidine groups is 1. The van der Waals surface area contributed by atoms with E-state index in [0.717, 1.165) is 5.56 Å². The maximum atomic E-state index is 12.9. The molecule has 0 saturated carbocycles. The van der Waals surface area contributed by atoms with E-state index in [0.29, 0.717) is 18.8 Å². The van der Waals surface area contributed by atoms with E-state index in [-0.39, 0.29) is 11.4 Å². The Kier molecular flexibility index (Phi) is 4.30. The summed E-state index contributed by atoms with van der Waals surface area (Å²) in [6, 6.07) is 14.7. The topological polar surface area (TPSA) is 92.9 Å². The highest BCUT2D eigenvalue weighted by molar-refractivity contribution is 7.89. The second kappa shape index (κ2) is 6.40. The minimum absolute atomic E-state index is 0.191. The fraction of sp³-hybridized carbons (Fsp3) is 0.188.